The summed E-state index contributed by atoms with van der Waals surface area (Å²) in [7, 11) is 0. The van der Waals surface area contributed by atoms with Crippen LogP contribution in [0.25, 0.3) is 26.3 Å². The van der Waals surface area contributed by atoms with E-state index >= 15 is 0 Å². The Bertz CT molecular complexity index is 1390. The van der Waals surface area contributed by atoms with Gasteiger partial charge < -0.3 is 5.32 Å². The highest BCUT2D eigenvalue weighted by Gasteiger charge is 2.19. The fourth-order valence-electron chi connectivity index (χ4n) is 3.38. The first-order chi connectivity index (χ1) is 15.1. The van der Waals surface area contributed by atoms with Gasteiger partial charge in [-0.05, 0) is 55.0 Å². The third kappa shape index (κ3) is 3.71. The summed E-state index contributed by atoms with van der Waals surface area (Å²) < 4.78 is 16.8. The van der Waals surface area contributed by atoms with Crippen molar-refractivity contribution >= 4 is 33.0 Å². The largest absolute Gasteiger partial charge is 0.318 e. The van der Waals surface area contributed by atoms with Crippen LogP contribution in [0.5, 0.6) is 0 Å². The zero-order valence-electron chi connectivity index (χ0n) is 16.5. The van der Waals surface area contributed by atoms with Crippen LogP contribution in [0.4, 0.5) is 10.1 Å². The van der Waals surface area contributed by atoms with Crippen molar-refractivity contribution in [2.75, 3.05) is 5.32 Å². The van der Waals surface area contributed by atoms with Crippen LogP contribution >= 0.6 is 11.3 Å². The smallest absolute Gasteiger partial charge is 0.276 e. The predicted molar refractivity (Wildman–Crippen MR) is 121 cm³/mol. The van der Waals surface area contributed by atoms with Crippen molar-refractivity contribution in [3.05, 3.63) is 96.2 Å². The number of carbonyl (C=O) groups is 1. The summed E-state index contributed by atoms with van der Waals surface area (Å²) in [6.07, 6.45) is 3.57. The number of nitrogens with one attached hydrogen (secondary N) is 1. The Hall–Kier alpha value is -3.84. The number of para-hydroxylation sites is 1. The Balaban J connectivity index is 1.61. The van der Waals surface area contributed by atoms with Crippen molar-refractivity contribution in [2.45, 2.75) is 6.92 Å². The van der Waals surface area contributed by atoms with E-state index in [9.17, 15) is 9.18 Å². The minimum Gasteiger partial charge on any atom is -0.318 e. The number of amides is 1. The topological polar surface area (TPSA) is 59.8 Å². The van der Waals surface area contributed by atoms with Gasteiger partial charge in [0.2, 0.25) is 0 Å². The lowest BCUT2D eigenvalue weighted by Crippen LogP contribution is -2.14. The number of fused-ring (bicyclic) bond motifs is 1. The molecule has 0 atom stereocenters. The predicted octanol–water partition coefficient (Wildman–Crippen LogP) is 5.85. The van der Waals surface area contributed by atoms with Crippen molar-refractivity contribution in [1.82, 2.24) is 14.8 Å². The van der Waals surface area contributed by atoms with Gasteiger partial charge in [-0.15, -0.1) is 11.3 Å². The van der Waals surface area contributed by atoms with Crippen molar-refractivity contribution in [2.24, 2.45) is 0 Å². The van der Waals surface area contributed by atoms with Crippen LogP contribution in [0.1, 0.15) is 16.1 Å². The summed E-state index contributed by atoms with van der Waals surface area (Å²) >= 11 is 1.60. The fourth-order valence-corrected chi connectivity index (χ4v) is 4.41. The lowest BCUT2D eigenvalue weighted by molar-refractivity contribution is 0.102. The Kier molecular flexibility index (Phi) is 4.80. The molecule has 0 radical (unpaired) electrons. The number of hydrogen-bond donors (Lipinski definition) is 1. The van der Waals surface area contributed by atoms with E-state index in [1.807, 2.05) is 49.5 Å². The third-order valence-electron chi connectivity index (χ3n) is 4.88. The molecule has 2 aromatic carbocycles. The maximum atomic E-state index is 14.0. The Morgan fingerprint density at radius 3 is 2.74 bits per heavy atom. The van der Waals surface area contributed by atoms with Crippen LogP contribution < -0.4 is 5.32 Å². The molecule has 1 N–H and O–H groups in total. The van der Waals surface area contributed by atoms with Crippen LogP contribution in [0, 0.1) is 12.7 Å². The van der Waals surface area contributed by atoms with Gasteiger partial charge in [-0.2, -0.15) is 5.10 Å². The van der Waals surface area contributed by atoms with Gasteiger partial charge in [0.05, 0.1) is 21.9 Å². The lowest BCUT2D eigenvalue weighted by Gasteiger charge is -2.07. The van der Waals surface area contributed by atoms with Gasteiger partial charge in [-0.25, -0.2) is 9.07 Å². The van der Waals surface area contributed by atoms with E-state index in [0.717, 1.165) is 31.9 Å². The van der Waals surface area contributed by atoms with Crippen molar-refractivity contribution in [3.8, 4) is 16.3 Å². The molecule has 3 aromatic heterocycles. The SMILES string of the molecule is Cc1cccc(-n2nc(C(=O)Nc3ccccc3F)cc2-c2cc3cnccc3s2)c1. The van der Waals surface area contributed by atoms with Crippen LogP contribution in [0.15, 0.2) is 79.1 Å². The zero-order chi connectivity index (χ0) is 21.4. The highest BCUT2D eigenvalue weighted by molar-refractivity contribution is 7.22. The van der Waals surface area contributed by atoms with E-state index in [2.05, 4.69) is 15.4 Å². The first-order valence-electron chi connectivity index (χ1n) is 9.65. The fraction of sp³-hybridized carbons (Fsp3) is 0.0417. The number of hydrogen-bond acceptors (Lipinski definition) is 4. The third-order valence-corrected chi connectivity index (χ3v) is 6.02. The lowest BCUT2D eigenvalue weighted by atomic mass is 10.2. The summed E-state index contributed by atoms with van der Waals surface area (Å²) in [5, 5.41) is 8.20. The number of aromatic nitrogens is 3. The second-order valence-electron chi connectivity index (χ2n) is 7.12. The van der Waals surface area contributed by atoms with Gasteiger partial charge in [0.15, 0.2) is 5.69 Å². The van der Waals surface area contributed by atoms with Crippen LogP contribution in [-0.4, -0.2) is 20.7 Å². The molecule has 31 heavy (non-hydrogen) atoms. The van der Waals surface area contributed by atoms with E-state index in [1.54, 1.807) is 40.4 Å². The molecule has 5 rings (SSSR count). The number of benzene rings is 2. The molecule has 0 aliphatic rings. The molecule has 0 aliphatic carbocycles. The number of pyridine rings is 1. The van der Waals surface area contributed by atoms with Gasteiger partial charge in [0, 0.05) is 22.5 Å². The molecule has 152 valence electrons. The van der Waals surface area contributed by atoms with E-state index in [0.29, 0.717) is 0 Å². The Labute approximate surface area is 181 Å². The minimum absolute atomic E-state index is 0.118. The van der Waals surface area contributed by atoms with Crippen LogP contribution in [-0.2, 0) is 0 Å². The summed E-state index contributed by atoms with van der Waals surface area (Å²) in [6.45, 7) is 2.00. The molecule has 5 aromatic rings. The molecule has 0 aliphatic heterocycles. The number of thiophene rings is 1. The second kappa shape index (κ2) is 7.77. The number of nitrogens with zero attached hydrogens (tertiary/aromatic N) is 3. The Morgan fingerprint density at radius 1 is 1.06 bits per heavy atom. The highest BCUT2D eigenvalue weighted by atomic mass is 32.1. The average molecular weight is 428 g/mol. The molecule has 3 heterocycles. The number of anilines is 1. The summed E-state index contributed by atoms with van der Waals surface area (Å²) in [5.74, 6) is -0.966. The maximum Gasteiger partial charge on any atom is 0.276 e. The van der Waals surface area contributed by atoms with Gasteiger partial charge in [-0.1, -0.05) is 24.3 Å². The Morgan fingerprint density at radius 2 is 1.94 bits per heavy atom. The molecule has 0 bridgehead atoms. The molecule has 7 heteroatoms. The number of rotatable bonds is 4. The second-order valence-corrected chi connectivity index (χ2v) is 8.21. The number of halogens is 1. The molecule has 0 unspecified atom stereocenters. The van der Waals surface area contributed by atoms with Crippen molar-refractivity contribution < 1.29 is 9.18 Å². The summed E-state index contributed by atoms with van der Waals surface area (Å²) in [4.78, 5) is 18.0. The first kappa shape index (κ1) is 19.1. The molecule has 0 spiro atoms. The minimum atomic E-state index is -0.494. The van der Waals surface area contributed by atoms with E-state index in [-0.39, 0.29) is 11.4 Å². The monoisotopic (exact) mass is 428 g/mol. The molecular formula is C24H17FN4OS. The number of aryl methyl sites for hydroxylation is 1. The molecule has 0 saturated carbocycles. The van der Waals surface area contributed by atoms with Gasteiger partial charge >= 0.3 is 0 Å². The number of carbonyl (C=O) groups excluding carboxylic acids is 1. The molecule has 5 nitrogen and oxygen atoms in total. The van der Waals surface area contributed by atoms with Crippen molar-refractivity contribution in [3.63, 3.8) is 0 Å². The zero-order valence-corrected chi connectivity index (χ0v) is 17.4. The molecular weight excluding hydrogens is 411 g/mol. The van der Waals surface area contributed by atoms with Crippen LogP contribution in [0.3, 0.4) is 0 Å². The van der Waals surface area contributed by atoms with E-state index in [4.69, 9.17) is 0 Å². The molecule has 1 amide bonds. The quantitative estimate of drug-likeness (QED) is 0.391. The van der Waals surface area contributed by atoms with Crippen LogP contribution in [0.2, 0.25) is 0 Å². The average Bonchev–Trinajstić information content (AvgIpc) is 3.40. The van der Waals surface area contributed by atoms with E-state index in [1.165, 1.54) is 12.1 Å². The summed E-state index contributed by atoms with van der Waals surface area (Å²) in [6, 6.07) is 19.7. The van der Waals surface area contributed by atoms with Gasteiger partial charge in [0.25, 0.3) is 5.91 Å². The summed E-state index contributed by atoms with van der Waals surface area (Å²) in [5.41, 5.74) is 3.03. The standard InChI is InChI=1S/C24H17FN4OS/c1-15-5-4-6-17(11-15)29-21(23-12-16-14-26-10-9-22(16)31-23)13-20(28-29)24(30)27-19-8-3-2-7-18(19)25/h2-14H,1H3,(H,27,30). The molecule has 0 fully saturated rings. The first-order valence-corrected chi connectivity index (χ1v) is 10.5. The van der Waals surface area contributed by atoms with Crippen molar-refractivity contribution in [1.29, 1.82) is 0 Å². The maximum absolute atomic E-state index is 14.0. The normalized spacial score (nSPS) is 11.0. The van der Waals surface area contributed by atoms with Gasteiger partial charge in [0.1, 0.15) is 5.82 Å². The van der Waals surface area contributed by atoms with Gasteiger partial charge in [-0.3, -0.25) is 9.78 Å². The molecule has 0 saturated heterocycles. The highest BCUT2D eigenvalue weighted by Crippen LogP contribution is 2.34. The van der Waals surface area contributed by atoms with E-state index < -0.39 is 11.7 Å².